The van der Waals surface area contributed by atoms with Crippen LogP contribution in [0, 0.1) is 0 Å². The standard InChI is InChI=1S/C16H20N2O/c1-3-19-14-5-4-12-8-13-6-7-18(10-11(2)17)16(13)15(12)9-14/h4-7,9,11H,3,8,10,17H2,1-2H3/t11-/m1/s1. The van der Waals surface area contributed by atoms with Crippen LogP contribution in [0.1, 0.15) is 25.0 Å². The summed E-state index contributed by atoms with van der Waals surface area (Å²) in [5.74, 6) is 0.947. The summed E-state index contributed by atoms with van der Waals surface area (Å²) in [4.78, 5) is 0. The van der Waals surface area contributed by atoms with E-state index in [0.717, 1.165) is 18.7 Å². The van der Waals surface area contributed by atoms with Crippen LogP contribution in [-0.4, -0.2) is 17.2 Å². The van der Waals surface area contributed by atoms with Gasteiger partial charge in [0.15, 0.2) is 0 Å². The minimum absolute atomic E-state index is 0.163. The molecule has 2 N–H and O–H groups in total. The number of hydrogen-bond acceptors (Lipinski definition) is 2. The highest BCUT2D eigenvalue weighted by Gasteiger charge is 2.22. The summed E-state index contributed by atoms with van der Waals surface area (Å²) in [6.07, 6.45) is 3.16. The van der Waals surface area contributed by atoms with Crippen LogP contribution in [0.15, 0.2) is 30.5 Å². The van der Waals surface area contributed by atoms with Gasteiger partial charge in [-0.1, -0.05) is 6.07 Å². The smallest absolute Gasteiger partial charge is 0.119 e. The molecule has 1 aliphatic carbocycles. The molecule has 1 atom stereocenters. The first-order chi connectivity index (χ1) is 9.19. The third kappa shape index (κ3) is 2.15. The summed E-state index contributed by atoms with van der Waals surface area (Å²) in [5.41, 5.74) is 11.3. The van der Waals surface area contributed by atoms with Gasteiger partial charge in [-0.2, -0.15) is 0 Å². The van der Waals surface area contributed by atoms with Crippen molar-refractivity contribution in [2.24, 2.45) is 5.73 Å². The van der Waals surface area contributed by atoms with Gasteiger partial charge >= 0.3 is 0 Å². The second-order valence-electron chi connectivity index (χ2n) is 5.25. The molecule has 1 aromatic heterocycles. The van der Waals surface area contributed by atoms with E-state index in [1.54, 1.807) is 0 Å². The van der Waals surface area contributed by atoms with E-state index in [-0.39, 0.29) is 6.04 Å². The summed E-state index contributed by atoms with van der Waals surface area (Å²) in [5, 5.41) is 0. The molecule has 3 rings (SSSR count). The molecule has 1 heterocycles. The molecular weight excluding hydrogens is 236 g/mol. The van der Waals surface area contributed by atoms with Crippen molar-refractivity contribution in [3.63, 3.8) is 0 Å². The average molecular weight is 256 g/mol. The molecule has 2 aromatic rings. The van der Waals surface area contributed by atoms with Crippen LogP contribution in [0.3, 0.4) is 0 Å². The Morgan fingerprint density at radius 2 is 2.16 bits per heavy atom. The molecule has 0 unspecified atom stereocenters. The number of nitrogens with two attached hydrogens (primary N) is 1. The molecule has 0 amide bonds. The zero-order valence-corrected chi connectivity index (χ0v) is 11.5. The van der Waals surface area contributed by atoms with Crippen LogP contribution >= 0.6 is 0 Å². The van der Waals surface area contributed by atoms with Crippen molar-refractivity contribution in [3.8, 4) is 17.0 Å². The number of rotatable bonds is 4. The van der Waals surface area contributed by atoms with Gasteiger partial charge in [-0.05, 0) is 43.2 Å². The van der Waals surface area contributed by atoms with Crippen LogP contribution in [-0.2, 0) is 13.0 Å². The number of ether oxygens (including phenoxy) is 1. The van der Waals surface area contributed by atoms with Crippen LogP contribution in [0.5, 0.6) is 5.75 Å². The molecule has 0 radical (unpaired) electrons. The van der Waals surface area contributed by atoms with Gasteiger partial charge in [0, 0.05) is 30.8 Å². The highest BCUT2D eigenvalue weighted by Crippen LogP contribution is 2.39. The van der Waals surface area contributed by atoms with Gasteiger partial charge in [-0.25, -0.2) is 0 Å². The van der Waals surface area contributed by atoms with Gasteiger partial charge in [0.25, 0.3) is 0 Å². The van der Waals surface area contributed by atoms with E-state index < -0.39 is 0 Å². The Morgan fingerprint density at radius 3 is 2.89 bits per heavy atom. The lowest BCUT2D eigenvalue weighted by Gasteiger charge is -2.12. The number of aromatic nitrogens is 1. The van der Waals surface area contributed by atoms with Gasteiger partial charge in [0.2, 0.25) is 0 Å². The molecule has 0 bridgehead atoms. The van der Waals surface area contributed by atoms with E-state index in [1.165, 1.54) is 22.4 Å². The van der Waals surface area contributed by atoms with E-state index in [1.807, 2.05) is 13.8 Å². The maximum Gasteiger partial charge on any atom is 0.119 e. The van der Waals surface area contributed by atoms with E-state index in [2.05, 4.69) is 35.0 Å². The molecule has 0 spiro atoms. The van der Waals surface area contributed by atoms with Crippen molar-refractivity contribution in [2.45, 2.75) is 32.9 Å². The zero-order valence-electron chi connectivity index (χ0n) is 11.5. The molecule has 3 nitrogen and oxygen atoms in total. The normalized spacial score (nSPS) is 14.1. The fraction of sp³-hybridized carbons (Fsp3) is 0.375. The van der Waals surface area contributed by atoms with Crippen LogP contribution in [0.2, 0.25) is 0 Å². The molecule has 100 valence electrons. The highest BCUT2D eigenvalue weighted by atomic mass is 16.5. The van der Waals surface area contributed by atoms with Crippen molar-refractivity contribution in [1.82, 2.24) is 4.57 Å². The van der Waals surface area contributed by atoms with E-state index in [0.29, 0.717) is 6.61 Å². The Morgan fingerprint density at radius 1 is 1.32 bits per heavy atom. The summed E-state index contributed by atoms with van der Waals surface area (Å²) in [6, 6.07) is 8.76. The molecule has 0 fully saturated rings. The Labute approximate surface area is 114 Å². The number of fused-ring (bicyclic) bond motifs is 3. The number of hydrogen-bond donors (Lipinski definition) is 1. The second-order valence-corrected chi connectivity index (χ2v) is 5.25. The van der Waals surface area contributed by atoms with Crippen LogP contribution < -0.4 is 10.5 Å². The Bertz CT molecular complexity index is 599. The molecule has 1 aliphatic rings. The summed E-state index contributed by atoms with van der Waals surface area (Å²) in [6.45, 7) is 5.61. The lowest BCUT2D eigenvalue weighted by atomic mass is 10.1. The van der Waals surface area contributed by atoms with Gasteiger partial charge in [-0.15, -0.1) is 0 Å². The molecule has 3 heteroatoms. The van der Waals surface area contributed by atoms with Gasteiger partial charge in [0.1, 0.15) is 5.75 Å². The third-order valence-corrected chi connectivity index (χ3v) is 3.56. The third-order valence-electron chi connectivity index (χ3n) is 3.56. The van der Waals surface area contributed by atoms with Crippen molar-refractivity contribution < 1.29 is 4.74 Å². The maximum atomic E-state index is 5.93. The first-order valence-corrected chi connectivity index (χ1v) is 6.88. The molecule has 0 saturated carbocycles. The van der Waals surface area contributed by atoms with Crippen LogP contribution in [0.4, 0.5) is 0 Å². The Balaban J connectivity index is 2.03. The van der Waals surface area contributed by atoms with Gasteiger partial charge in [-0.3, -0.25) is 0 Å². The van der Waals surface area contributed by atoms with Gasteiger partial charge < -0.3 is 15.0 Å². The minimum atomic E-state index is 0.163. The lowest BCUT2D eigenvalue weighted by Crippen LogP contribution is -2.22. The van der Waals surface area contributed by atoms with Crippen LogP contribution in [0.25, 0.3) is 11.3 Å². The largest absolute Gasteiger partial charge is 0.494 e. The summed E-state index contributed by atoms with van der Waals surface area (Å²) in [7, 11) is 0. The average Bonchev–Trinajstić information content (AvgIpc) is 2.89. The molecule has 19 heavy (non-hydrogen) atoms. The predicted molar refractivity (Wildman–Crippen MR) is 77.5 cm³/mol. The topological polar surface area (TPSA) is 40.2 Å². The maximum absolute atomic E-state index is 5.93. The molecule has 0 saturated heterocycles. The highest BCUT2D eigenvalue weighted by molar-refractivity contribution is 5.75. The first kappa shape index (κ1) is 12.3. The first-order valence-electron chi connectivity index (χ1n) is 6.88. The lowest BCUT2D eigenvalue weighted by molar-refractivity contribution is 0.340. The molecule has 0 aliphatic heterocycles. The minimum Gasteiger partial charge on any atom is -0.494 e. The molecule has 1 aromatic carbocycles. The van der Waals surface area contributed by atoms with Gasteiger partial charge in [0.05, 0.1) is 12.3 Å². The predicted octanol–water partition coefficient (Wildman–Crippen LogP) is 2.81. The summed E-state index contributed by atoms with van der Waals surface area (Å²) >= 11 is 0. The zero-order chi connectivity index (χ0) is 13.4. The van der Waals surface area contributed by atoms with Crippen molar-refractivity contribution in [2.75, 3.05) is 6.61 Å². The van der Waals surface area contributed by atoms with E-state index in [4.69, 9.17) is 10.5 Å². The van der Waals surface area contributed by atoms with E-state index in [9.17, 15) is 0 Å². The van der Waals surface area contributed by atoms with E-state index >= 15 is 0 Å². The SMILES string of the molecule is CCOc1ccc2c(c1)-c1c(ccn1C[C@@H](C)N)C2. The second kappa shape index (κ2) is 4.74. The Hall–Kier alpha value is -1.74. The fourth-order valence-corrected chi connectivity index (χ4v) is 2.84. The van der Waals surface area contributed by atoms with Crippen molar-refractivity contribution in [1.29, 1.82) is 0 Å². The number of benzene rings is 1. The summed E-state index contributed by atoms with van der Waals surface area (Å²) < 4.78 is 7.88. The van der Waals surface area contributed by atoms with Crippen molar-refractivity contribution >= 4 is 0 Å². The number of nitrogens with zero attached hydrogens (tertiary/aromatic N) is 1. The molecular formula is C16H20N2O. The fourth-order valence-electron chi connectivity index (χ4n) is 2.84. The Kier molecular flexibility index (Phi) is 3.07. The van der Waals surface area contributed by atoms with Crippen molar-refractivity contribution in [3.05, 3.63) is 41.6 Å². The monoisotopic (exact) mass is 256 g/mol. The quantitative estimate of drug-likeness (QED) is 0.779.